The highest BCUT2D eigenvalue weighted by molar-refractivity contribution is 6.00. The molecule has 158 valence electrons. The second kappa shape index (κ2) is 8.79. The lowest BCUT2D eigenvalue weighted by molar-refractivity contribution is 0.0812. The molecule has 0 unspecified atom stereocenters. The molecule has 1 N–H and O–H groups in total. The third kappa shape index (κ3) is 4.00. The van der Waals surface area contributed by atoms with E-state index in [-0.39, 0.29) is 12.1 Å². The van der Waals surface area contributed by atoms with Gasteiger partial charge in [-0.1, -0.05) is 55.7 Å². The Hall–Kier alpha value is -3.00. The fourth-order valence-corrected chi connectivity index (χ4v) is 4.40. The lowest BCUT2D eigenvalue weighted by Crippen LogP contribution is -2.45. The Morgan fingerprint density at radius 1 is 1.13 bits per heavy atom. The summed E-state index contributed by atoms with van der Waals surface area (Å²) in [5.41, 5.74) is 0.572. The maximum atomic E-state index is 12.3. The summed E-state index contributed by atoms with van der Waals surface area (Å²) in [6.45, 7) is 0.610. The summed E-state index contributed by atoms with van der Waals surface area (Å²) in [7, 11) is 4.16. The van der Waals surface area contributed by atoms with Crippen molar-refractivity contribution in [3.05, 3.63) is 48.3 Å². The van der Waals surface area contributed by atoms with Crippen LogP contribution in [0.3, 0.4) is 0 Å². The molecule has 1 amide bonds. The summed E-state index contributed by atoms with van der Waals surface area (Å²) in [4.78, 5) is 14.6. The van der Waals surface area contributed by atoms with E-state index in [1.54, 1.807) is 4.68 Å². The number of nitrogens with one attached hydrogen (secondary N) is 1. The molecule has 30 heavy (non-hydrogen) atoms. The van der Waals surface area contributed by atoms with Crippen molar-refractivity contribution in [2.24, 2.45) is 0 Å². The van der Waals surface area contributed by atoms with Crippen molar-refractivity contribution in [2.75, 3.05) is 26.0 Å². The molecule has 1 aliphatic rings. The van der Waals surface area contributed by atoms with E-state index in [2.05, 4.69) is 39.8 Å². The monoisotopic (exact) mass is 408 g/mol. The van der Waals surface area contributed by atoms with Crippen LogP contribution in [0.15, 0.2) is 42.5 Å². The van der Waals surface area contributed by atoms with Crippen LogP contribution in [0.5, 0.6) is 0 Å². The zero-order valence-corrected chi connectivity index (χ0v) is 17.5. The van der Waals surface area contributed by atoms with E-state index in [1.165, 1.54) is 6.42 Å². The van der Waals surface area contributed by atoms with E-state index in [1.807, 2.05) is 42.5 Å². The maximum absolute atomic E-state index is 12.3. The van der Waals surface area contributed by atoms with Gasteiger partial charge in [0.05, 0.1) is 17.8 Å². The lowest BCUT2D eigenvalue weighted by atomic mass is 9.80. The Bertz CT molecular complexity index is 1000. The summed E-state index contributed by atoms with van der Waals surface area (Å²) in [6, 6.07) is 13.7. The summed E-state index contributed by atoms with van der Waals surface area (Å²) in [5, 5.41) is 17.3. The van der Waals surface area contributed by atoms with Crippen LogP contribution in [0.4, 0.5) is 10.5 Å². The van der Waals surface area contributed by atoms with Crippen LogP contribution in [-0.2, 0) is 16.8 Å². The molecule has 8 heteroatoms. The number of hydrogen-bond acceptors (Lipinski definition) is 6. The number of amides is 1. The zero-order chi connectivity index (χ0) is 21.0. The first-order chi connectivity index (χ1) is 14.6. The van der Waals surface area contributed by atoms with Crippen molar-refractivity contribution >= 4 is 22.6 Å². The number of rotatable bonds is 6. The highest BCUT2D eigenvalue weighted by atomic mass is 16.5. The molecule has 0 spiro atoms. The molecule has 8 nitrogen and oxygen atoms in total. The predicted molar refractivity (Wildman–Crippen MR) is 115 cm³/mol. The zero-order valence-electron chi connectivity index (χ0n) is 17.5. The molecule has 1 aliphatic carbocycles. The van der Waals surface area contributed by atoms with E-state index < -0.39 is 6.09 Å². The smallest absolute Gasteiger partial charge is 0.411 e. The predicted octanol–water partition coefficient (Wildman–Crippen LogP) is 3.80. The van der Waals surface area contributed by atoms with Gasteiger partial charge in [-0.05, 0) is 48.8 Å². The fraction of sp³-hybridized carbons (Fsp3) is 0.455. The van der Waals surface area contributed by atoms with E-state index >= 15 is 0 Å². The van der Waals surface area contributed by atoms with Crippen LogP contribution < -0.4 is 5.32 Å². The van der Waals surface area contributed by atoms with Gasteiger partial charge in [-0.2, -0.15) is 0 Å². The van der Waals surface area contributed by atoms with Gasteiger partial charge in [0.25, 0.3) is 0 Å². The van der Waals surface area contributed by atoms with E-state index in [9.17, 15) is 4.79 Å². The number of hydrogen-bond donors (Lipinski definition) is 1. The summed E-state index contributed by atoms with van der Waals surface area (Å²) >= 11 is 0. The molecule has 2 aromatic carbocycles. The molecule has 0 aliphatic heterocycles. The van der Waals surface area contributed by atoms with E-state index in [4.69, 9.17) is 4.74 Å². The minimum Gasteiger partial charge on any atom is -0.447 e. The molecular formula is C22H28N6O2. The quantitative estimate of drug-likeness (QED) is 0.668. The van der Waals surface area contributed by atoms with Crippen LogP contribution in [0.25, 0.3) is 10.8 Å². The third-order valence-electron chi connectivity index (χ3n) is 6.05. The number of fused-ring (bicyclic) bond motifs is 1. The van der Waals surface area contributed by atoms with Gasteiger partial charge in [-0.25, -0.2) is 9.48 Å². The minimum atomic E-state index is -0.485. The first-order valence-corrected chi connectivity index (χ1v) is 10.5. The molecule has 4 rings (SSSR count). The van der Waals surface area contributed by atoms with Gasteiger partial charge in [0.2, 0.25) is 0 Å². The Labute approximate surface area is 176 Å². The molecule has 1 saturated carbocycles. The van der Waals surface area contributed by atoms with Gasteiger partial charge in [0, 0.05) is 5.39 Å². The number of ether oxygens (including phenoxy) is 1. The Morgan fingerprint density at radius 2 is 1.90 bits per heavy atom. The summed E-state index contributed by atoms with van der Waals surface area (Å²) in [6.07, 6.45) is 5.14. The third-order valence-corrected chi connectivity index (χ3v) is 6.05. The molecular weight excluding hydrogens is 380 g/mol. The fourth-order valence-electron chi connectivity index (χ4n) is 4.40. The number of aromatic nitrogens is 4. The van der Waals surface area contributed by atoms with Crippen molar-refractivity contribution < 1.29 is 9.53 Å². The second-order valence-electron chi connectivity index (χ2n) is 8.00. The van der Waals surface area contributed by atoms with Crippen LogP contribution in [0, 0.1) is 0 Å². The van der Waals surface area contributed by atoms with E-state index in [0.717, 1.165) is 48.0 Å². The Balaban J connectivity index is 1.39. The van der Waals surface area contributed by atoms with Crippen LogP contribution in [0.2, 0.25) is 0 Å². The average molecular weight is 409 g/mol. The number of tetrazole rings is 1. The number of carbonyl (C=O) groups is 1. The van der Waals surface area contributed by atoms with Crippen LogP contribution in [-0.4, -0.2) is 51.9 Å². The first kappa shape index (κ1) is 20.3. The average Bonchev–Trinajstić information content (AvgIpc) is 3.23. The van der Waals surface area contributed by atoms with Crippen LogP contribution >= 0.6 is 0 Å². The molecule has 1 fully saturated rings. The SMILES string of the molecule is CN(C)C1(c2nnnn2CCOC(=O)Nc2cccc3ccccc23)CCCCC1. The molecule has 0 atom stereocenters. The van der Waals surface area contributed by atoms with Gasteiger partial charge in [0.15, 0.2) is 5.82 Å². The van der Waals surface area contributed by atoms with Crippen molar-refractivity contribution in [3.8, 4) is 0 Å². The normalized spacial score (nSPS) is 16.0. The van der Waals surface area contributed by atoms with Crippen LogP contribution in [0.1, 0.15) is 37.9 Å². The number of benzene rings is 2. The van der Waals surface area contributed by atoms with Crippen molar-refractivity contribution in [2.45, 2.75) is 44.2 Å². The van der Waals surface area contributed by atoms with Gasteiger partial charge in [-0.15, -0.1) is 5.10 Å². The van der Waals surface area contributed by atoms with Crippen molar-refractivity contribution in [1.82, 2.24) is 25.1 Å². The second-order valence-corrected chi connectivity index (χ2v) is 8.00. The van der Waals surface area contributed by atoms with Crippen molar-refractivity contribution in [3.63, 3.8) is 0 Å². The Morgan fingerprint density at radius 3 is 2.70 bits per heavy atom. The number of carbonyl (C=O) groups excluding carboxylic acids is 1. The highest BCUT2D eigenvalue weighted by Crippen LogP contribution is 2.39. The molecule has 0 saturated heterocycles. The summed E-state index contributed by atoms with van der Waals surface area (Å²) < 4.78 is 7.20. The number of nitrogens with zero attached hydrogens (tertiary/aromatic N) is 5. The molecule has 3 aromatic rings. The van der Waals surface area contributed by atoms with Crippen molar-refractivity contribution in [1.29, 1.82) is 0 Å². The maximum Gasteiger partial charge on any atom is 0.411 e. The van der Waals surface area contributed by atoms with E-state index in [0.29, 0.717) is 6.54 Å². The standard InChI is InChI=1S/C22H28N6O2/c1-27(2)22(13-6-3-7-14-22)20-24-25-26-28(20)15-16-30-21(29)23-19-12-8-10-17-9-4-5-11-18(17)19/h4-5,8-12H,3,6-7,13-16H2,1-2H3,(H,23,29). The van der Waals surface area contributed by atoms with Gasteiger partial charge in [-0.3, -0.25) is 10.2 Å². The number of anilines is 1. The van der Waals surface area contributed by atoms with Gasteiger partial charge < -0.3 is 4.74 Å². The topological polar surface area (TPSA) is 85.2 Å². The molecule has 1 heterocycles. The largest absolute Gasteiger partial charge is 0.447 e. The Kier molecular flexibility index (Phi) is 5.94. The van der Waals surface area contributed by atoms with Gasteiger partial charge >= 0.3 is 6.09 Å². The summed E-state index contributed by atoms with van der Waals surface area (Å²) in [5.74, 6) is 0.852. The molecule has 0 radical (unpaired) electrons. The minimum absolute atomic E-state index is 0.160. The molecule has 0 bridgehead atoms. The first-order valence-electron chi connectivity index (χ1n) is 10.5. The highest BCUT2D eigenvalue weighted by Gasteiger charge is 2.40. The van der Waals surface area contributed by atoms with Gasteiger partial charge in [0.1, 0.15) is 6.61 Å². The molecule has 1 aromatic heterocycles. The lowest BCUT2D eigenvalue weighted by Gasteiger charge is -2.41.